The molecule has 4 heteroatoms. The SMILES string of the molecule is CC(C)(C)c1cc2c3c(c1)-n1c4ccc(C(C)(C)C)cc4c4c1c(cc1c5cc(C(C)(C)C)ccc5n(-c5ccccc5)c14)B3N1c3c-2cc(C(C)(C)C)cc3C2(C)CCCCC12C. The second-order valence-corrected chi connectivity index (χ2v) is 25.0. The summed E-state index contributed by atoms with van der Waals surface area (Å²) in [5.74, 6) is 0. The number of nitrogens with zero attached hydrogens (tertiary/aromatic N) is 3. The minimum atomic E-state index is -0.0620. The Labute approximate surface area is 382 Å². The van der Waals surface area contributed by atoms with Crippen molar-refractivity contribution >= 4 is 67.1 Å². The largest absolute Gasteiger partial charge is 0.400 e. The van der Waals surface area contributed by atoms with E-state index in [1.807, 2.05) is 0 Å². The Kier molecular flexibility index (Phi) is 7.78. The van der Waals surface area contributed by atoms with E-state index < -0.39 is 0 Å². The highest BCUT2D eigenvalue weighted by molar-refractivity contribution is 6.93. The molecule has 0 spiro atoms. The smallest absolute Gasteiger partial charge is 0.328 e. The first kappa shape index (κ1) is 40.3. The van der Waals surface area contributed by atoms with E-state index in [9.17, 15) is 0 Å². The summed E-state index contributed by atoms with van der Waals surface area (Å²) in [6, 6.07) is 39.2. The van der Waals surface area contributed by atoms with Gasteiger partial charge in [-0.3, -0.25) is 0 Å². The summed E-state index contributed by atoms with van der Waals surface area (Å²) in [5, 5.41) is 5.42. The Bertz CT molecular complexity index is 3350. The Morgan fingerprint density at radius 3 is 1.73 bits per heavy atom. The predicted octanol–water partition coefficient (Wildman–Crippen LogP) is 14.6. The average molecular weight is 840 g/mol. The number of hydrogen-bond donors (Lipinski definition) is 0. The van der Waals surface area contributed by atoms with Gasteiger partial charge in [-0.1, -0.05) is 151 Å². The van der Waals surface area contributed by atoms with Gasteiger partial charge >= 0.3 is 6.85 Å². The number of benzene rings is 6. The van der Waals surface area contributed by atoms with Crippen molar-refractivity contribution < 1.29 is 0 Å². The summed E-state index contributed by atoms with van der Waals surface area (Å²) in [5.41, 5.74) is 22.3. The lowest BCUT2D eigenvalue weighted by Gasteiger charge is -2.54. The molecule has 2 atom stereocenters. The van der Waals surface area contributed by atoms with Crippen LogP contribution in [0.25, 0.3) is 66.1 Å². The van der Waals surface area contributed by atoms with Crippen LogP contribution in [0.2, 0.25) is 0 Å². The zero-order valence-corrected chi connectivity index (χ0v) is 41.0. The minimum absolute atomic E-state index is 0.00887. The number of aromatic nitrogens is 2. The Morgan fingerprint density at radius 1 is 0.516 bits per heavy atom. The molecule has 12 rings (SSSR count). The van der Waals surface area contributed by atoms with Crippen molar-refractivity contribution in [3.63, 3.8) is 0 Å². The van der Waals surface area contributed by atoms with Crippen LogP contribution in [0.15, 0.2) is 97.1 Å². The van der Waals surface area contributed by atoms with E-state index in [0.29, 0.717) is 0 Å². The van der Waals surface area contributed by atoms with Crippen LogP contribution >= 0.6 is 0 Å². The van der Waals surface area contributed by atoms with Crippen LogP contribution < -0.4 is 15.7 Å². The predicted molar refractivity (Wildman–Crippen MR) is 277 cm³/mol. The third kappa shape index (κ3) is 5.07. The molecule has 0 bridgehead atoms. The molecule has 2 unspecified atom stereocenters. The summed E-state index contributed by atoms with van der Waals surface area (Å²) < 4.78 is 5.34. The normalized spacial score (nSPS) is 20.5. The van der Waals surface area contributed by atoms with Gasteiger partial charge in [-0.15, -0.1) is 0 Å². The first-order valence-electron chi connectivity index (χ1n) is 24.4. The molecule has 2 aromatic heterocycles. The molecule has 3 nitrogen and oxygen atoms in total. The van der Waals surface area contributed by atoms with Gasteiger partial charge in [-0.2, -0.15) is 0 Å². The van der Waals surface area contributed by atoms with Crippen LogP contribution in [0, 0.1) is 0 Å². The summed E-state index contributed by atoms with van der Waals surface area (Å²) in [7, 11) is 0. The lowest BCUT2D eigenvalue weighted by atomic mass is 9.42. The summed E-state index contributed by atoms with van der Waals surface area (Å²) in [4.78, 5) is 3.03. The molecule has 6 aromatic carbocycles. The summed E-state index contributed by atoms with van der Waals surface area (Å²) in [6.07, 6.45) is 4.95. The van der Waals surface area contributed by atoms with Crippen molar-refractivity contribution in [2.24, 2.45) is 0 Å². The van der Waals surface area contributed by atoms with Crippen LogP contribution in [-0.2, 0) is 27.1 Å². The summed E-state index contributed by atoms with van der Waals surface area (Å²) in [6.45, 7) is 34.0. The van der Waals surface area contributed by atoms with Crippen LogP contribution in [0.5, 0.6) is 0 Å². The molecule has 64 heavy (non-hydrogen) atoms. The number of fused-ring (bicyclic) bond motifs is 14. The van der Waals surface area contributed by atoms with E-state index >= 15 is 0 Å². The molecule has 4 aliphatic rings. The van der Waals surface area contributed by atoms with Gasteiger partial charge in [0.05, 0.1) is 22.1 Å². The number of hydrogen-bond acceptors (Lipinski definition) is 1. The first-order valence-corrected chi connectivity index (χ1v) is 24.4. The molecule has 324 valence electrons. The van der Waals surface area contributed by atoms with Crippen LogP contribution in [-0.4, -0.2) is 21.5 Å². The quantitative estimate of drug-likeness (QED) is 0.150. The van der Waals surface area contributed by atoms with Gasteiger partial charge in [-0.25, -0.2) is 0 Å². The molecule has 1 aliphatic carbocycles. The molecule has 1 saturated carbocycles. The van der Waals surface area contributed by atoms with Crippen molar-refractivity contribution in [1.29, 1.82) is 0 Å². The van der Waals surface area contributed by atoms with Crippen LogP contribution in [0.4, 0.5) is 5.69 Å². The number of rotatable bonds is 1. The third-order valence-electron chi connectivity index (χ3n) is 17.0. The third-order valence-corrected chi connectivity index (χ3v) is 17.0. The highest BCUT2D eigenvalue weighted by atomic mass is 15.2. The standard InChI is InChI=1S/C60H66BN3/c1-55(2,3)35-22-24-47-40(28-35)43-34-46-54-50(53(43)62(47)39-20-16-15-17-21-39)44-29-36(56(4,5)6)23-25-48(44)63(54)49-33-38(58(10,11)12)30-41-42-31-37(57(7,8)9)32-45-52(42)64(61(46)51(41)49)60(14)27-19-18-26-59(45,60)13/h15-17,20-25,28-34H,18-19,26-27H2,1-14H3. The first-order chi connectivity index (χ1) is 30.0. The van der Waals surface area contributed by atoms with Gasteiger partial charge in [0.25, 0.3) is 0 Å². The fourth-order valence-electron chi connectivity index (χ4n) is 13.1. The minimum Gasteiger partial charge on any atom is -0.400 e. The molecular formula is C60H66BN3. The average Bonchev–Trinajstić information content (AvgIpc) is 3.81. The highest BCUT2D eigenvalue weighted by Crippen LogP contribution is 2.63. The Balaban J connectivity index is 1.35. The second-order valence-electron chi connectivity index (χ2n) is 25.0. The Morgan fingerprint density at radius 2 is 1.09 bits per heavy atom. The van der Waals surface area contributed by atoms with Gasteiger partial charge in [0.15, 0.2) is 0 Å². The monoisotopic (exact) mass is 840 g/mol. The fraction of sp³-hybridized carbons (Fsp3) is 0.400. The second kappa shape index (κ2) is 12.4. The zero-order valence-electron chi connectivity index (χ0n) is 41.0. The van der Waals surface area contributed by atoms with Gasteiger partial charge in [0, 0.05) is 55.1 Å². The maximum absolute atomic E-state index is 3.03. The molecule has 1 fully saturated rings. The van der Waals surface area contributed by atoms with Crippen LogP contribution in [0.3, 0.4) is 0 Å². The van der Waals surface area contributed by atoms with E-state index in [4.69, 9.17) is 0 Å². The van der Waals surface area contributed by atoms with Gasteiger partial charge in [0.2, 0.25) is 0 Å². The lowest BCUT2D eigenvalue weighted by Crippen LogP contribution is -2.70. The van der Waals surface area contributed by atoms with Crippen molar-refractivity contribution in [3.8, 4) is 22.5 Å². The zero-order chi connectivity index (χ0) is 45.0. The molecular weight excluding hydrogens is 773 g/mol. The van der Waals surface area contributed by atoms with Gasteiger partial charge in [0.1, 0.15) is 0 Å². The highest BCUT2D eigenvalue weighted by Gasteiger charge is 2.63. The van der Waals surface area contributed by atoms with Crippen LogP contribution in [0.1, 0.15) is 150 Å². The number of anilines is 1. The van der Waals surface area contributed by atoms with E-state index in [2.05, 4.69) is 208 Å². The molecule has 0 saturated heterocycles. The van der Waals surface area contributed by atoms with E-state index in [0.717, 1.165) is 0 Å². The molecule has 5 heterocycles. The van der Waals surface area contributed by atoms with Gasteiger partial charge < -0.3 is 13.9 Å². The van der Waals surface area contributed by atoms with Gasteiger partial charge in [-0.05, 0) is 134 Å². The lowest BCUT2D eigenvalue weighted by molar-refractivity contribution is 0.199. The Hall–Kier alpha value is -5.22. The molecule has 3 aliphatic heterocycles. The molecule has 0 N–H and O–H groups in total. The molecule has 8 aromatic rings. The van der Waals surface area contributed by atoms with Crippen molar-refractivity contribution in [3.05, 3.63) is 125 Å². The molecule has 0 radical (unpaired) electrons. The number of para-hydroxylation sites is 1. The van der Waals surface area contributed by atoms with Crippen molar-refractivity contribution in [2.75, 3.05) is 4.81 Å². The van der Waals surface area contributed by atoms with E-state index in [-0.39, 0.29) is 39.5 Å². The maximum atomic E-state index is 3.03. The maximum Gasteiger partial charge on any atom is 0.328 e. The fourth-order valence-corrected chi connectivity index (χ4v) is 13.1. The van der Waals surface area contributed by atoms with Crippen molar-refractivity contribution in [1.82, 2.24) is 9.13 Å². The molecule has 0 amide bonds. The topological polar surface area (TPSA) is 13.1 Å². The van der Waals surface area contributed by atoms with Crippen molar-refractivity contribution in [2.45, 2.75) is 155 Å². The van der Waals surface area contributed by atoms with E-state index in [1.54, 1.807) is 5.56 Å². The summed E-state index contributed by atoms with van der Waals surface area (Å²) >= 11 is 0. The van der Waals surface area contributed by atoms with E-state index in [1.165, 1.54) is 131 Å².